The predicted octanol–water partition coefficient (Wildman–Crippen LogP) is 6.08. The number of carbonyl (C=O) groups is 5. The Hall–Kier alpha value is -4.21. The minimum absolute atomic E-state index is 0.0796. The number of hydrogen-bond donors (Lipinski definition) is 0. The Labute approximate surface area is 282 Å². The maximum absolute atomic E-state index is 13.5. The molecule has 2 saturated carbocycles. The fourth-order valence-electron chi connectivity index (χ4n) is 8.45. The highest BCUT2D eigenvalue weighted by atomic mass is 16.6. The van der Waals surface area contributed by atoms with E-state index in [1.165, 1.54) is 26.8 Å². The van der Waals surface area contributed by atoms with Crippen LogP contribution in [0.4, 0.5) is 0 Å². The van der Waals surface area contributed by atoms with E-state index in [-0.39, 0.29) is 19.3 Å². The number of ether oxygens (including phenoxy) is 5. The maximum Gasteiger partial charge on any atom is 0.331 e. The van der Waals surface area contributed by atoms with Gasteiger partial charge in [0, 0.05) is 63.4 Å². The summed E-state index contributed by atoms with van der Waals surface area (Å²) < 4.78 is 30.4. The molecule has 10 heteroatoms. The second kappa shape index (κ2) is 14.5. The molecule has 0 unspecified atom stereocenters. The summed E-state index contributed by atoms with van der Waals surface area (Å²) in [4.78, 5) is 64.3. The fourth-order valence-corrected chi connectivity index (χ4v) is 8.45. The molecule has 1 aromatic rings. The summed E-state index contributed by atoms with van der Waals surface area (Å²) in [5, 5.41) is 0. The van der Waals surface area contributed by atoms with Crippen LogP contribution in [-0.4, -0.2) is 60.4 Å². The average molecular weight is 665 g/mol. The largest absolute Gasteiger partial charge is 0.462 e. The normalized spacial score (nSPS) is 31.1. The molecule has 0 aliphatic heterocycles. The van der Waals surface area contributed by atoms with Crippen LogP contribution in [0.5, 0.6) is 0 Å². The van der Waals surface area contributed by atoms with Crippen LogP contribution in [-0.2, 0) is 47.7 Å². The summed E-state index contributed by atoms with van der Waals surface area (Å²) in [6.45, 7) is 17.8. The Morgan fingerprint density at radius 2 is 1.48 bits per heavy atom. The summed E-state index contributed by atoms with van der Waals surface area (Å²) >= 11 is 0. The fraction of sp³-hybridized carbons (Fsp3) is 0.553. The van der Waals surface area contributed by atoms with Crippen molar-refractivity contribution in [3.8, 4) is 0 Å². The van der Waals surface area contributed by atoms with Crippen LogP contribution in [0.1, 0.15) is 86.6 Å². The maximum atomic E-state index is 13.5. The SMILES string of the molecule is C=C1[C@@H](OC(C)=O)C[C@H](OC(=O)/C=C/c2ccccc2)[C@@]2(C)C[C@H](OC(C)=O)C3=C(C)C[C@H](OC(=O)CC)[C@@H]([C@@H](OC(C)=O)[C@H]12)C3(C)C. The van der Waals surface area contributed by atoms with Crippen LogP contribution in [0.2, 0.25) is 0 Å². The van der Waals surface area contributed by atoms with Gasteiger partial charge < -0.3 is 23.7 Å². The van der Waals surface area contributed by atoms with Crippen molar-refractivity contribution < 1.29 is 47.7 Å². The van der Waals surface area contributed by atoms with Gasteiger partial charge in [-0.3, -0.25) is 19.2 Å². The highest BCUT2D eigenvalue weighted by Gasteiger charge is 2.64. The summed E-state index contributed by atoms with van der Waals surface area (Å²) in [5.74, 6) is -4.06. The molecule has 48 heavy (non-hydrogen) atoms. The zero-order valence-electron chi connectivity index (χ0n) is 29.2. The molecule has 4 rings (SSSR count). The van der Waals surface area contributed by atoms with E-state index in [1.54, 1.807) is 13.0 Å². The summed E-state index contributed by atoms with van der Waals surface area (Å²) in [5.41, 5.74) is 1.12. The summed E-state index contributed by atoms with van der Waals surface area (Å²) in [6.07, 6.45) is -0.500. The zero-order valence-corrected chi connectivity index (χ0v) is 29.2. The minimum atomic E-state index is -1.07. The zero-order chi connectivity index (χ0) is 35.6. The molecule has 0 saturated heterocycles. The number of carbonyl (C=O) groups excluding carboxylic acids is 5. The Morgan fingerprint density at radius 1 is 0.875 bits per heavy atom. The Morgan fingerprint density at radius 3 is 2.06 bits per heavy atom. The molecule has 3 aliphatic carbocycles. The molecule has 2 bridgehead atoms. The standard InChI is InChI=1S/C38H48O10/c1-10-31(42)47-28-18-21(2)33-29(45-24(5)40)20-38(9)30(48-32(43)17-16-26-14-12-11-13-15-26)19-27(44-23(4)39)22(3)34(38)36(46-25(6)41)35(28)37(33,7)8/h11-17,27-30,34-36H,3,10,18-20H2,1-2,4-9H3/b17-16+/t27-,28-,29-,30-,34-,35-,36-,38+/m0/s1. The molecule has 8 atom stereocenters. The van der Waals surface area contributed by atoms with E-state index in [4.69, 9.17) is 23.7 Å². The van der Waals surface area contributed by atoms with Crippen LogP contribution in [0.15, 0.2) is 59.7 Å². The van der Waals surface area contributed by atoms with Crippen LogP contribution < -0.4 is 0 Å². The van der Waals surface area contributed by atoms with Crippen molar-refractivity contribution in [3.05, 3.63) is 65.3 Å². The topological polar surface area (TPSA) is 132 Å². The van der Waals surface area contributed by atoms with Gasteiger partial charge >= 0.3 is 29.8 Å². The van der Waals surface area contributed by atoms with Gasteiger partial charge in [-0.25, -0.2) is 4.79 Å². The molecule has 0 aromatic heterocycles. The third-order valence-electron chi connectivity index (χ3n) is 10.2. The van der Waals surface area contributed by atoms with Crippen molar-refractivity contribution in [1.82, 2.24) is 0 Å². The molecule has 0 N–H and O–H groups in total. The first-order chi connectivity index (χ1) is 22.5. The van der Waals surface area contributed by atoms with Crippen molar-refractivity contribution in [2.75, 3.05) is 0 Å². The first-order valence-electron chi connectivity index (χ1n) is 16.5. The van der Waals surface area contributed by atoms with Gasteiger partial charge in [-0.15, -0.1) is 0 Å². The van der Waals surface area contributed by atoms with Gasteiger partial charge in [0.1, 0.15) is 30.5 Å². The molecule has 260 valence electrons. The molecule has 1 aromatic carbocycles. The second-order valence-corrected chi connectivity index (χ2v) is 14.0. The van der Waals surface area contributed by atoms with Gasteiger partial charge in [-0.2, -0.15) is 0 Å². The predicted molar refractivity (Wildman–Crippen MR) is 177 cm³/mol. The van der Waals surface area contributed by atoms with E-state index in [0.29, 0.717) is 12.0 Å². The summed E-state index contributed by atoms with van der Waals surface area (Å²) in [7, 11) is 0. The van der Waals surface area contributed by atoms with Crippen LogP contribution in [0.3, 0.4) is 0 Å². The van der Waals surface area contributed by atoms with Crippen LogP contribution >= 0.6 is 0 Å². The van der Waals surface area contributed by atoms with Crippen LogP contribution in [0.25, 0.3) is 6.08 Å². The van der Waals surface area contributed by atoms with E-state index in [0.717, 1.165) is 16.7 Å². The molecule has 0 spiro atoms. The highest BCUT2D eigenvalue weighted by Crippen LogP contribution is 2.61. The number of benzene rings is 1. The lowest BCUT2D eigenvalue weighted by Gasteiger charge is -2.60. The molecular formula is C38H48O10. The van der Waals surface area contributed by atoms with Gasteiger partial charge in [0.15, 0.2) is 0 Å². The van der Waals surface area contributed by atoms with Crippen molar-refractivity contribution in [3.63, 3.8) is 0 Å². The Balaban J connectivity index is 1.95. The molecule has 2 fully saturated rings. The van der Waals surface area contributed by atoms with E-state index < -0.39 is 83.0 Å². The third-order valence-corrected chi connectivity index (χ3v) is 10.2. The third kappa shape index (κ3) is 7.58. The van der Waals surface area contributed by atoms with Gasteiger partial charge in [0.25, 0.3) is 0 Å². The molecule has 3 aliphatic rings. The number of hydrogen-bond acceptors (Lipinski definition) is 10. The minimum Gasteiger partial charge on any atom is -0.462 e. The second-order valence-electron chi connectivity index (χ2n) is 14.0. The lowest BCUT2D eigenvalue weighted by atomic mass is 9.49. The van der Waals surface area contributed by atoms with Crippen LogP contribution in [0, 0.1) is 22.7 Å². The summed E-state index contributed by atoms with van der Waals surface area (Å²) in [6, 6.07) is 9.28. The van der Waals surface area contributed by atoms with Crippen molar-refractivity contribution >= 4 is 35.9 Å². The smallest absolute Gasteiger partial charge is 0.331 e. The molecule has 0 amide bonds. The van der Waals surface area contributed by atoms with Gasteiger partial charge in [0.05, 0.1) is 0 Å². The lowest BCUT2D eigenvalue weighted by Crippen LogP contribution is -2.64. The van der Waals surface area contributed by atoms with Crippen molar-refractivity contribution in [2.45, 2.75) is 112 Å². The van der Waals surface area contributed by atoms with E-state index >= 15 is 0 Å². The van der Waals surface area contributed by atoms with E-state index in [9.17, 15) is 24.0 Å². The Kier molecular flexibility index (Phi) is 11.1. The highest BCUT2D eigenvalue weighted by molar-refractivity contribution is 5.87. The molecular weight excluding hydrogens is 616 g/mol. The number of rotatable bonds is 8. The van der Waals surface area contributed by atoms with Crippen molar-refractivity contribution in [2.24, 2.45) is 22.7 Å². The number of esters is 5. The van der Waals surface area contributed by atoms with Gasteiger partial charge in [-0.1, -0.05) is 70.2 Å². The number of fused-ring (bicyclic) bond motifs is 3. The van der Waals surface area contributed by atoms with Gasteiger partial charge in [-0.05, 0) is 41.5 Å². The average Bonchev–Trinajstić information content (AvgIpc) is 2.97. The van der Waals surface area contributed by atoms with Crippen molar-refractivity contribution in [1.29, 1.82) is 0 Å². The van der Waals surface area contributed by atoms with Gasteiger partial charge in [0.2, 0.25) is 0 Å². The monoisotopic (exact) mass is 664 g/mol. The molecule has 10 nitrogen and oxygen atoms in total. The Bertz CT molecular complexity index is 1500. The lowest BCUT2D eigenvalue weighted by molar-refractivity contribution is -0.203. The molecule has 0 radical (unpaired) electrons. The van der Waals surface area contributed by atoms with E-state index in [1.807, 2.05) is 58.0 Å². The quantitative estimate of drug-likeness (QED) is 0.140. The first kappa shape index (κ1) is 36.6. The first-order valence-corrected chi connectivity index (χ1v) is 16.5. The van der Waals surface area contributed by atoms with E-state index in [2.05, 4.69) is 6.58 Å². The molecule has 0 heterocycles.